The molecular formula is C15H24. The Morgan fingerprint density at radius 1 is 1.40 bits per heavy atom. The molecule has 0 amide bonds. The first-order chi connectivity index (χ1) is 7.10. The highest BCUT2D eigenvalue weighted by Gasteiger charge is 1.97. The molecule has 0 heterocycles. The summed E-state index contributed by atoms with van der Waals surface area (Å²) in [6.45, 7) is 14.1. The van der Waals surface area contributed by atoms with Crippen LogP contribution in [0.25, 0.3) is 0 Å². The van der Waals surface area contributed by atoms with Gasteiger partial charge in [0.1, 0.15) is 0 Å². The van der Waals surface area contributed by atoms with Gasteiger partial charge in [-0.15, -0.1) is 0 Å². The average molecular weight is 204 g/mol. The summed E-state index contributed by atoms with van der Waals surface area (Å²) >= 11 is 0. The Hall–Kier alpha value is -1.04. The van der Waals surface area contributed by atoms with E-state index in [2.05, 4.69) is 52.2 Å². The first-order valence-corrected chi connectivity index (χ1v) is 5.68. The minimum atomic E-state index is 0.650. The zero-order valence-corrected chi connectivity index (χ0v) is 10.4. The van der Waals surface area contributed by atoms with E-state index in [-0.39, 0.29) is 0 Å². The summed E-state index contributed by atoms with van der Waals surface area (Å²) in [5.41, 5.74) is 2.56. The Morgan fingerprint density at radius 2 is 2.07 bits per heavy atom. The molecule has 0 heteroatoms. The summed E-state index contributed by atoms with van der Waals surface area (Å²) in [4.78, 5) is 0. The van der Waals surface area contributed by atoms with E-state index in [9.17, 15) is 0 Å². The molecule has 0 spiro atoms. The lowest BCUT2D eigenvalue weighted by molar-refractivity contribution is 0.642. The molecule has 15 heavy (non-hydrogen) atoms. The lowest BCUT2D eigenvalue weighted by atomic mass is 10.0. The van der Waals surface area contributed by atoms with Gasteiger partial charge >= 0.3 is 0 Å². The molecule has 0 radical (unpaired) electrons. The molecule has 0 N–H and O–H groups in total. The first kappa shape index (κ1) is 14.0. The van der Waals surface area contributed by atoms with E-state index < -0.39 is 0 Å². The maximum absolute atomic E-state index is 3.88. The Labute approximate surface area is 95.1 Å². The van der Waals surface area contributed by atoms with Crippen LogP contribution in [0.15, 0.2) is 48.6 Å². The van der Waals surface area contributed by atoms with Gasteiger partial charge in [0.05, 0.1) is 0 Å². The largest absolute Gasteiger partial charge is 0.0988 e. The number of rotatable bonds is 7. The fourth-order valence-electron chi connectivity index (χ4n) is 1.23. The van der Waals surface area contributed by atoms with E-state index in [1.54, 1.807) is 0 Å². The molecule has 0 aliphatic heterocycles. The predicted octanol–water partition coefficient (Wildman–Crippen LogP) is 5.06. The van der Waals surface area contributed by atoms with Crippen molar-refractivity contribution in [3.8, 4) is 0 Å². The van der Waals surface area contributed by atoms with Crippen molar-refractivity contribution in [2.24, 2.45) is 5.92 Å². The van der Waals surface area contributed by atoms with Gasteiger partial charge in [0, 0.05) is 0 Å². The van der Waals surface area contributed by atoms with Crippen LogP contribution in [0.2, 0.25) is 0 Å². The molecule has 0 saturated heterocycles. The summed E-state index contributed by atoms with van der Waals surface area (Å²) in [5, 5.41) is 0. The van der Waals surface area contributed by atoms with Gasteiger partial charge in [0.2, 0.25) is 0 Å². The monoisotopic (exact) mass is 204 g/mol. The highest BCUT2D eigenvalue weighted by atomic mass is 14.0. The Bertz CT molecular complexity index is 253. The van der Waals surface area contributed by atoms with Crippen LogP contribution >= 0.6 is 0 Å². The van der Waals surface area contributed by atoms with Crippen LogP contribution in [0.5, 0.6) is 0 Å². The summed E-state index contributed by atoms with van der Waals surface area (Å²) in [6.07, 6.45) is 11.8. The van der Waals surface area contributed by atoms with Crippen molar-refractivity contribution >= 4 is 0 Å². The normalized spacial score (nSPS) is 14.2. The molecular weight excluding hydrogens is 180 g/mol. The van der Waals surface area contributed by atoms with Gasteiger partial charge in [-0.25, -0.2) is 0 Å². The van der Waals surface area contributed by atoms with Crippen molar-refractivity contribution in [3.05, 3.63) is 48.6 Å². The van der Waals surface area contributed by atoms with Crippen molar-refractivity contribution in [1.82, 2.24) is 0 Å². The van der Waals surface area contributed by atoms with Crippen LogP contribution < -0.4 is 0 Å². The second kappa shape index (κ2) is 8.28. The molecule has 0 aliphatic carbocycles. The van der Waals surface area contributed by atoms with Crippen molar-refractivity contribution in [1.29, 1.82) is 0 Å². The predicted molar refractivity (Wildman–Crippen MR) is 70.9 cm³/mol. The van der Waals surface area contributed by atoms with E-state index in [1.165, 1.54) is 18.4 Å². The minimum Gasteiger partial charge on any atom is -0.0988 e. The number of hydrogen-bond acceptors (Lipinski definition) is 0. The summed E-state index contributed by atoms with van der Waals surface area (Å²) in [5.74, 6) is 0.650. The molecule has 0 nitrogen and oxygen atoms in total. The SMILES string of the molecule is C=CC(=C)C/C=C/C(C)CC/C(C)=C/C. The maximum atomic E-state index is 3.88. The molecule has 0 saturated carbocycles. The molecule has 0 aromatic heterocycles. The molecule has 1 unspecified atom stereocenters. The van der Waals surface area contributed by atoms with E-state index >= 15 is 0 Å². The quantitative estimate of drug-likeness (QED) is 0.402. The first-order valence-electron chi connectivity index (χ1n) is 5.68. The second-order valence-corrected chi connectivity index (χ2v) is 4.15. The van der Waals surface area contributed by atoms with Gasteiger partial charge in [0.15, 0.2) is 0 Å². The Morgan fingerprint density at radius 3 is 2.60 bits per heavy atom. The molecule has 0 aromatic carbocycles. The molecule has 84 valence electrons. The van der Waals surface area contributed by atoms with E-state index in [1.807, 2.05) is 6.08 Å². The molecule has 1 atom stereocenters. The number of hydrogen-bond donors (Lipinski definition) is 0. The van der Waals surface area contributed by atoms with Crippen LogP contribution in [0.3, 0.4) is 0 Å². The van der Waals surface area contributed by atoms with Crippen molar-refractivity contribution in [2.45, 2.75) is 40.0 Å². The van der Waals surface area contributed by atoms with Gasteiger partial charge in [-0.1, -0.05) is 55.5 Å². The van der Waals surface area contributed by atoms with Gasteiger partial charge in [0.25, 0.3) is 0 Å². The molecule has 0 bridgehead atoms. The Kier molecular flexibility index (Phi) is 7.71. The summed E-state index contributed by atoms with van der Waals surface area (Å²) in [7, 11) is 0. The van der Waals surface area contributed by atoms with Crippen LogP contribution in [-0.2, 0) is 0 Å². The fraction of sp³-hybridized carbons (Fsp3) is 0.467. The highest BCUT2D eigenvalue weighted by Crippen LogP contribution is 2.13. The summed E-state index contributed by atoms with van der Waals surface area (Å²) in [6, 6.07) is 0. The zero-order chi connectivity index (χ0) is 11.7. The third-order valence-corrected chi connectivity index (χ3v) is 2.62. The molecule has 0 aliphatic rings. The standard InChI is InChI=1S/C15H24/c1-6-13(3)9-8-10-15(5)12-11-14(4)7-2/h6-8,10,15H,1,3,9,11-12H2,2,4-5H3/b10-8+,14-7+. The maximum Gasteiger partial charge on any atom is -0.0103 e. The average Bonchev–Trinajstić information content (AvgIpc) is 2.25. The highest BCUT2D eigenvalue weighted by molar-refractivity contribution is 5.15. The lowest BCUT2D eigenvalue weighted by Crippen LogP contribution is -1.90. The van der Waals surface area contributed by atoms with Crippen molar-refractivity contribution in [2.75, 3.05) is 0 Å². The van der Waals surface area contributed by atoms with E-state index in [0.717, 1.165) is 12.0 Å². The lowest BCUT2D eigenvalue weighted by Gasteiger charge is -2.06. The van der Waals surface area contributed by atoms with Gasteiger partial charge < -0.3 is 0 Å². The van der Waals surface area contributed by atoms with Crippen LogP contribution in [0.4, 0.5) is 0 Å². The summed E-state index contributed by atoms with van der Waals surface area (Å²) < 4.78 is 0. The second-order valence-electron chi connectivity index (χ2n) is 4.15. The fourth-order valence-corrected chi connectivity index (χ4v) is 1.23. The zero-order valence-electron chi connectivity index (χ0n) is 10.4. The molecule has 0 rings (SSSR count). The smallest absolute Gasteiger partial charge is 0.0103 e. The van der Waals surface area contributed by atoms with Crippen LogP contribution in [0, 0.1) is 5.92 Å². The van der Waals surface area contributed by atoms with E-state index in [0.29, 0.717) is 5.92 Å². The van der Waals surface area contributed by atoms with Gasteiger partial charge in [-0.05, 0) is 39.0 Å². The minimum absolute atomic E-state index is 0.650. The Balaban J connectivity index is 3.78. The topological polar surface area (TPSA) is 0 Å². The third kappa shape index (κ3) is 7.99. The molecule has 0 aromatic rings. The van der Waals surface area contributed by atoms with Crippen molar-refractivity contribution in [3.63, 3.8) is 0 Å². The van der Waals surface area contributed by atoms with Crippen LogP contribution in [-0.4, -0.2) is 0 Å². The van der Waals surface area contributed by atoms with Gasteiger partial charge in [-0.2, -0.15) is 0 Å². The van der Waals surface area contributed by atoms with Crippen molar-refractivity contribution < 1.29 is 0 Å². The third-order valence-electron chi connectivity index (χ3n) is 2.62. The van der Waals surface area contributed by atoms with Gasteiger partial charge in [-0.3, -0.25) is 0 Å². The molecule has 0 fully saturated rings. The number of allylic oxidation sites excluding steroid dienone is 6. The van der Waals surface area contributed by atoms with E-state index in [4.69, 9.17) is 0 Å². The van der Waals surface area contributed by atoms with Crippen LogP contribution in [0.1, 0.15) is 40.0 Å².